The maximum Gasteiger partial charge on any atom is 0.131 e. The highest BCUT2D eigenvalue weighted by Crippen LogP contribution is 2.27. The molecule has 0 saturated heterocycles. The van der Waals surface area contributed by atoms with Crippen molar-refractivity contribution in [2.45, 2.75) is 33.7 Å². The van der Waals surface area contributed by atoms with Gasteiger partial charge in [0.1, 0.15) is 17.3 Å². The Morgan fingerprint density at radius 3 is 2.62 bits per heavy atom. The number of rotatable bonds is 6. The molecule has 0 aliphatic carbocycles. The van der Waals surface area contributed by atoms with Crippen molar-refractivity contribution in [3.05, 3.63) is 58.9 Å². The van der Waals surface area contributed by atoms with Crippen LogP contribution in [0.4, 0.5) is 4.39 Å². The van der Waals surface area contributed by atoms with Crippen LogP contribution in [0.15, 0.2) is 36.4 Å². The molecule has 2 aromatic carbocycles. The molecule has 0 fully saturated rings. The molecule has 0 atom stereocenters. The number of ether oxygens (including phenoxy) is 1. The molecule has 0 unspecified atom stereocenters. The third kappa shape index (κ3) is 4.30. The van der Waals surface area contributed by atoms with Gasteiger partial charge in [-0.3, -0.25) is 0 Å². The monoisotopic (exact) mass is 287 g/mol. The summed E-state index contributed by atoms with van der Waals surface area (Å²) in [4.78, 5) is 0. The number of aryl methyl sites for hydroxylation is 2. The number of halogens is 1. The van der Waals surface area contributed by atoms with Crippen molar-refractivity contribution >= 4 is 0 Å². The third-order valence-corrected chi connectivity index (χ3v) is 3.32. The van der Waals surface area contributed by atoms with E-state index in [1.54, 1.807) is 19.1 Å². The van der Waals surface area contributed by atoms with E-state index < -0.39 is 0 Å². The largest absolute Gasteiger partial charge is 0.457 e. The highest BCUT2D eigenvalue weighted by Gasteiger charge is 2.07. The van der Waals surface area contributed by atoms with Crippen molar-refractivity contribution in [3.63, 3.8) is 0 Å². The summed E-state index contributed by atoms with van der Waals surface area (Å²) in [5.74, 6) is 1.26. The second-order valence-electron chi connectivity index (χ2n) is 5.30. The van der Waals surface area contributed by atoms with E-state index in [2.05, 4.69) is 25.2 Å². The summed E-state index contributed by atoms with van der Waals surface area (Å²) in [6.07, 6.45) is 1.10. The van der Waals surface area contributed by atoms with Gasteiger partial charge in [0.2, 0.25) is 0 Å². The fourth-order valence-electron chi connectivity index (χ4n) is 2.15. The molecule has 21 heavy (non-hydrogen) atoms. The van der Waals surface area contributed by atoms with Gasteiger partial charge in [-0.15, -0.1) is 0 Å². The maximum absolute atomic E-state index is 13.3. The Balaban J connectivity index is 2.19. The van der Waals surface area contributed by atoms with E-state index in [1.165, 1.54) is 11.6 Å². The summed E-state index contributed by atoms with van der Waals surface area (Å²) >= 11 is 0. The summed E-state index contributed by atoms with van der Waals surface area (Å²) < 4.78 is 19.2. The molecule has 0 amide bonds. The molecule has 0 aliphatic rings. The van der Waals surface area contributed by atoms with Crippen molar-refractivity contribution in [3.8, 4) is 11.5 Å². The van der Waals surface area contributed by atoms with Gasteiger partial charge in [0, 0.05) is 12.1 Å². The van der Waals surface area contributed by atoms with Crippen LogP contribution in [-0.4, -0.2) is 6.54 Å². The molecule has 0 heterocycles. The first-order valence-electron chi connectivity index (χ1n) is 7.34. The normalized spacial score (nSPS) is 10.7. The number of hydrogen-bond acceptors (Lipinski definition) is 2. The van der Waals surface area contributed by atoms with Crippen LogP contribution in [-0.2, 0) is 6.54 Å². The SMILES string of the molecule is CCCNCc1cc(C)ccc1Oc1ccc(F)c(C)c1. The molecule has 0 bridgehead atoms. The van der Waals surface area contributed by atoms with Gasteiger partial charge in [0.25, 0.3) is 0 Å². The van der Waals surface area contributed by atoms with Gasteiger partial charge < -0.3 is 10.1 Å². The Labute approximate surface area is 126 Å². The summed E-state index contributed by atoms with van der Waals surface area (Å²) in [7, 11) is 0. The second-order valence-corrected chi connectivity index (χ2v) is 5.30. The van der Waals surface area contributed by atoms with E-state index in [-0.39, 0.29) is 5.82 Å². The molecule has 0 saturated carbocycles. The standard InChI is InChI=1S/C18H22FNO/c1-4-9-20-12-15-10-13(2)5-8-18(15)21-16-6-7-17(19)14(3)11-16/h5-8,10-11,20H,4,9,12H2,1-3H3. The zero-order chi connectivity index (χ0) is 15.2. The van der Waals surface area contributed by atoms with E-state index in [0.717, 1.165) is 30.8 Å². The van der Waals surface area contributed by atoms with Gasteiger partial charge in [-0.05, 0) is 56.6 Å². The predicted molar refractivity (Wildman–Crippen MR) is 84.4 cm³/mol. The van der Waals surface area contributed by atoms with Crippen molar-refractivity contribution in [2.75, 3.05) is 6.54 Å². The first kappa shape index (κ1) is 15.5. The number of nitrogens with one attached hydrogen (secondary N) is 1. The highest BCUT2D eigenvalue weighted by atomic mass is 19.1. The molecule has 1 N–H and O–H groups in total. The lowest BCUT2D eigenvalue weighted by molar-refractivity contribution is 0.470. The lowest BCUT2D eigenvalue weighted by Crippen LogP contribution is -2.14. The fraction of sp³-hybridized carbons (Fsp3) is 0.333. The van der Waals surface area contributed by atoms with Gasteiger partial charge in [0.05, 0.1) is 0 Å². The molecule has 0 aromatic heterocycles. The fourth-order valence-corrected chi connectivity index (χ4v) is 2.15. The Morgan fingerprint density at radius 2 is 1.90 bits per heavy atom. The average Bonchev–Trinajstić information content (AvgIpc) is 2.46. The smallest absolute Gasteiger partial charge is 0.131 e. The summed E-state index contributed by atoms with van der Waals surface area (Å²) in [6.45, 7) is 7.69. The Bertz CT molecular complexity index is 610. The van der Waals surface area contributed by atoms with Gasteiger partial charge in [-0.25, -0.2) is 4.39 Å². The van der Waals surface area contributed by atoms with Crippen molar-refractivity contribution in [1.82, 2.24) is 5.32 Å². The highest BCUT2D eigenvalue weighted by molar-refractivity contribution is 5.41. The first-order valence-corrected chi connectivity index (χ1v) is 7.34. The molecule has 2 nitrogen and oxygen atoms in total. The van der Waals surface area contributed by atoms with E-state index in [9.17, 15) is 4.39 Å². The molecule has 2 aromatic rings. The van der Waals surface area contributed by atoms with Crippen LogP contribution >= 0.6 is 0 Å². The molecule has 0 aliphatic heterocycles. The molecule has 112 valence electrons. The van der Waals surface area contributed by atoms with E-state index in [4.69, 9.17) is 4.74 Å². The van der Waals surface area contributed by atoms with E-state index in [1.807, 2.05) is 12.1 Å². The van der Waals surface area contributed by atoms with Gasteiger partial charge in [-0.2, -0.15) is 0 Å². The lowest BCUT2D eigenvalue weighted by Gasteiger charge is -2.13. The predicted octanol–water partition coefficient (Wildman–Crippen LogP) is 4.73. The van der Waals surface area contributed by atoms with Crippen molar-refractivity contribution in [1.29, 1.82) is 0 Å². The Kier molecular flexibility index (Phi) is 5.34. The average molecular weight is 287 g/mol. The minimum Gasteiger partial charge on any atom is -0.457 e. The van der Waals surface area contributed by atoms with Crippen LogP contribution < -0.4 is 10.1 Å². The van der Waals surface area contributed by atoms with Crippen molar-refractivity contribution in [2.24, 2.45) is 0 Å². The Hall–Kier alpha value is -1.87. The number of hydrogen-bond donors (Lipinski definition) is 1. The van der Waals surface area contributed by atoms with Gasteiger partial charge in [0.15, 0.2) is 0 Å². The van der Waals surface area contributed by atoms with Crippen LogP contribution in [0.5, 0.6) is 11.5 Å². The number of benzene rings is 2. The minimum atomic E-state index is -0.212. The van der Waals surface area contributed by atoms with E-state index >= 15 is 0 Å². The molecule has 3 heteroatoms. The second kappa shape index (κ2) is 7.23. The molecule has 0 spiro atoms. The molecule has 2 rings (SSSR count). The maximum atomic E-state index is 13.3. The van der Waals surface area contributed by atoms with Crippen LogP contribution in [0.25, 0.3) is 0 Å². The van der Waals surface area contributed by atoms with Gasteiger partial charge >= 0.3 is 0 Å². The quantitative estimate of drug-likeness (QED) is 0.775. The summed E-state index contributed by atoms with van der Waals surface area (Å²) in [5, 5.41) is 3.39. The third-order valence-electron chi connectivity index (χ3n) is 3.32. The van der Waals surface area contributed by atoms with Crippen LogP contribution in [0.3, 0.4) is 0 Å². The zero-order valence-corrected chi connectivity index (χ0v) is 12.9. The molecular formula is C18H22FNO. The van der Waals surface area contributed by atoms with Crippen LogP contribution in [0, 0.1) is 19.7 Å². The first-order chi connectivity index (χ1) is 10.1. The van der Waals surface area contributed by atoms with Crippen LogP contribution in [0.1, 0.15) is 30.0 Å². The summed E-state index contributed by atoms with van der Waals surface area (Å²) in [5.41, 5.74) is 2.90. The lowest BCUT2D eigenvalue weighted by atomic mass is 10.1. The molecule has 0 radical (unpaired) electrons. The zero-order valence-electron chi connectivity index (χ0n) is 12.9. The van der Waals surface area contributed by atoms with Crippen molar-refractivity contribution < 1.29 is 9.13 Å². The topological polar surface area (TPSA) is 21.3 Å². The Morgan fingerprint density at radius 1 is 1.10 bits per heavy atom. The summed E-state index contributed by atoms with van der Waals surface area (Å²) in [6, 6.07) is 10.9. The van der Waals surface area contributed by atoms with Gasteiger partial charge in [-0.1, -0.05) is 24.6 Å². The molecular weight excluding hydrogens is 265 g/mol. The van der Waals surface area contributed by atoms with Crippen LogP contribution in [0.2, 0.25) is 0 Å². The minimum absolute atomic E-state index is 0.212. The van der Waals surface area contributed by atoms with E-state index in [0.29, 0.717) is 11.3 Å².